The maximum absolute atomic E-state index is 12.7. The number of carbonyl (C=O) groups excluding carboxylic acids is 1. The molecule has 2 rings (SSSR count). The molecular formula is C13H16FNO2. The zero-order valence-corrected chi connectivity index (χ0v) is 9.62. The van der Waals surface area contributed by atoms with Gasteiger partial charge in [0.2, 0.25) is 0 Å². The number of halogens is 1. The van der Waals surface area contributed by atoms with Crippen molar-refractivity contribution in [3.05, 3.63) is 35.6 Å². The Balaban J connectivity index is 1.82. The maximum Gasteiger partial charge on any atom is 0.251 e. The number of amides is 1. The largest absolute Gasteiger partial charge is 0.376 e. The van der Waals surface area contributed by atoms with E-state index in [1.54, 1.807) is 0 Å². The number of hydrogen-bond acceptors (Lipinski definition) is 2. The average Bonchev–Trinajstić information content (AvgIpc) is 2.38. The van der Waals surface area contributed by atoms with Crippen LogP contribution in [-0.4, -0.2) is 25.2 Å². The number of hydrogen-bond donors (Lipinski definition) is 1. The van der Waals surface area contributed by atoms with E-state index in [2.05, 4.69) is 5.32 Å². The first kappa shape index (κ1) is 12.0. The fourth-order valence-electron chi connectivity index (χ4n) is 1.88. The van der Waals surface area contributed by atoms with Crippen molar-refractivity contribution < 1.29 is 13.9 Å². The Morgan fingerprint density at radius 2 is 2.12 bits per heavy atom. The zero-order chi connectivity index (χ0) is 12.1. The Morgan fingerprint density at radius 3 is 2.76 bits per heavy atom. The van der Waals surface area contributed by atoms with Gasteiger partial charge >= 0.3 is 0 Å². The molecule has 4 heteroatoms. The molecule has 3 nitrogen and oxygen atoms in total. The van der Waals surface area contributed by atoms with Crippen molar-refractivity contribution >= 4 is 5.91 Å². The van der Waals surface area contributed by atoms with Crippen molar-refractivity contribution in [3.63, 3.8) is 0 Å². The van der Waals surface area contributed by atoms with Crippen molar-refractivity contribution in [1.82, 2.24) is 5.32 Å². The van der Waals surface area contributed by atoms with Crippen LogP contribution in [0.15, 0.2) is 24.3 Å². The quantitative estimate of drug-likeness (QED) is 0.874. The van der Waals surface area contributed by atoms with Gasteiger partial charge in [-0.05, 0) is 43.5 Å². The number of ether oxygens (including phenoxy) is 1. The second-order valence-corrected chi connectivity index (χ2v) is 4.21. The van der Waals surface area contributed by atoms with Crippen LogP contribution < -0.4 is 5.32 Å². The van der Waals surface area contributed by atoms with E-state index >= 15 is 0 Å². The third kappa shape index (κ3) is 3.53. The molecule has 0 saturated carbocycles. The Kier molecular flexibility index (Phi) is 4.09. The number of rotatable bonds is 3. The molecule has 92 valence electrons. The molecule has 1 saturated heterocycles. The third-order valence-corrected chi connectivity index (χ3v) is 2.87. The van der Waals surface area contributed by atoms with Crippen LogP contribution in [-0.2, 0) is 4.74 Å². The highest BCUT2D eigenvalue weighted by Gasteiger charge is 2.15. The second-order valence-electron chi connectivity index (χ2n) is 4.21. The maximum atomic E-state index is 12.7. The van der Waals surface area contributed by atoms with Gasteiger partial charge in [0.25, 0.3) is 5.91 Å². The third-order valence-electron chi connectivity index (χ3n) is 2.87. The van der Waals surface area contributed by atoms with E-state index in [1.807, 2.05) is 0 Å². The summed E-state index contributed by atoms with van der Waals surface area (Å²) in [6.45, 7) is 1.30. The molecule has 1 amide bonds. The first-order chi connectivity index (χ1) is 8.25. The predicted molar refractivity (Wildman–Crippen MR) is 62.3 cm³/mol. The molecule has 0 bridgehead atoms. The summed E-state index contributed by atoms with van der Waals surface area (Å²) in [4.78, 5) is 11.7. The molecule has 1 fully saturated rings. The molecule has 1 aliphatic heterocycles. The van der Waals surface area contributed by atoms with E-state index in [1.165, 1.54) is 24.3 Å². The summed E-state index contributed by atoms with van der Waals surface area (Å²) < 4.78 is 18.2. The lowest BCUT2D eigenvalue weighted by atomic mass is 10.1. The van der Waals surface area contributed by atoms with Gasteiger partial charge in [0.15, 0.2) is 0 Å². The summed E-state index contributed by atoms with van der Waals surface area (Å²) in [5, 5.41) is 2.80. The zero-order valence-electron chi connectivity index (χ0n) is 9.62. The Morgan fingerprint density at radius 1 is 1.35 bits per heavy atom. The van der Waals surface area contributed by atoms with Crippen LogP contribution in [0.1, 0.15) is 29.6 Å². The topological polar surface area (TPSA) is 38.3 Å². The number of carbonyl (C=O) groups is 1. The Hall–Kier alpha value is -1.42. The molecule has 0 spiro atoms. The minimum Gasteiger partial charge on any atom is -0.376 e. The standard InChI is InChI=1S/C13H16FNO2/c14-11-6-4-10(5-7-11)13(16)15-9-12-3-1-2-8-17-12/h4-7,12H,1-3,8-9H2,(H,15,16). The van der Waals surface area contributed by atoms with Gasteiger partial charge in [-0.25, -0.2) is 4.39 Å². The molecule has 1 aromatic carbocycles. The second kappa shape index (κ2) is 5.77. The SMILES string of the molecule is O=C(NCC1CCCCO1)c1ccc(F)cc1. The van der Waals surface area contributed by atoms with E-state index in [0.29, 0.717) is 12.1 Å². The minimum absolute atomic E-state index is 0.119. The molecule has 1 N–H and O–H groups in total. The molecule has 17 heavy (non-hydrogen) atoms. The van der Waals surface area contributed by atoms with Crippen molar-refractivity contribution in [3.8, 4) is 0 Å². The lowest BCUT2D eigenvalue weighted by Crippen LogP contribution is -2.35. The highest BCUT2D eigenvalue weighted by molar-refractivity contribution is 5.94. The van der Waals surface area contributed by atoms with Crippen molar-refractivity contribution in [2.24, 2.45) is 0 Å². The van der Waals surface area contributed by atoms with Crippen LogP contribution in [0.3, 0.4) is 0 Å². The molecule has 0 aromatic heterocycles. The summed E-state index contributed by atoms with van der Waals surface area (Å²) in [5.74, 6) is -0.517. The van der Waals surface area contributed by atoms with E-state index < -0.39 is 0 Å². The van der Waals surface area contributed by atoms with Gasteiger partial charge in [-0.2, -0.15) is 0 Å². The first-order valence-electron chi connectivity index (χ1n) is 5.91. The summed E-state index contributed by atoms with van der Waals surface area (Å²) in [5.41, 5.74) is 0.474. The van der Waals surface area contributed by atoms with Crippen molar-refractivity contribution in [2.45, 2.75) is 25.4 Å². The molecule has 1 atom stereocenters. The van der Waals surface area contributed by atoms with Gasteiger partial charge in [0, 0.05) is 18.7 Å². The van der Waals surface area contributed by atoms with Crippen LogP contribution in [0.4, 0.5) is 4.39 Å². The smallest absolute Gasteiger partial charge is 0.251 e. The molecule has 1 unspecified atom stereocenters. The van der Waals surface area contributed by atoms with Gasteiger partial charge in [-0.3, -0.25) is 4.79 Å². The normalized spacial score (nSPS) is 19.9. The number of nitrogens with one attached hydrogen (secondary N) is 1. The summed E-state index contributed by atoms with van der Waals surface area (Å²) in [6, 6.07) is 5.52. The molecule has 1 heterocycles. The summed E-state index contributed by atoms with van der Waals surface area (Å²) >= 11 is 0. The average molecular weight is 237 g/mol. The molecule has 0 radical (unpaired) electrons. The Labute approximate surface area is 100.0 Å². The predicted octanol–water partition coefficient (Wildman–Crippen LogP) is 2.12. The van der Waals surface area contributed by atoms with Crippen LogP contribution >= 0.6 is 0 Å². The van der Waals surface area contributed by atoms with Gasteiger partial charge in [0.05, 0.1) is 6.10 Å². The highest BCUT2D eigenvalue weighted by Crippen LogP contribution is 2.11. The van der Waals surface area contributed by atoms with E-state index in [0.717, 1.165) is 25.9 Å². The Bertz CT molecular complexity index is 372. The van der Waals surface area contributed by atoms with Crippen LogP contribution in [0, 0.1) is 5.82 Å². The monoisotopic (exact) mass is 237 g/mol. The van der Waals surface area contributed by atoms with Gasteiger partial charge in [-0.15, -0.1) is 0 Å². The minimum atomic E-state index is -0.336. The first-order valence-corrected chi connectivity index (χ1v) is 5.91. The van der Waals surface area contributed by atoms with Crippen molar-refractivity contribution in [2.75, 3.05) is 13.2 Å². The lowest BCUT2D eigenvalue weighted by Gasteiger charge is -2.22. The molecular weight excluding hydrogens is 221 g/mol. The number of benzene rings is 1. The van der Waals surface area contributed by atoms with Crippen molar-refractivity contribution in [1.29, 1.82) is 0 Å². The van der Waals surface area contributed by atoms with E-state index in [-0.39, 0.29) is 17.8 Å². The van der Waals surface area contributed by atoms with Gasteiger partial charge in [-0.1, -0.05) is 0 Å². The van der Waals surface area contributed by atoms with Gasteiger partial charge in [0.1, 0.15) is 5.82 Å². The summed E-state index contributed by atoms with van der Waals surface area (Å²) in [7, 11) is 0. The fourth-order valence-corrected chi connectivity index (χ4v) is 1.88. The van der Waals surface area contributed by atoms with Crippen LogP contribution in [0.25, 0.3) is 0 Å². The van der Waals surface area contributed by atoms with E-state index in [4.69, 9.17) is 4.74 Å². The van der Waals surface area contributed by atoms with Crippen LogP contribution in [0.5, 0.6) is 0 Å². The fraction of sp³-hybridized carbons (Fsp3) is 0.462. The van der Waals surface area contributed by atoms with E-state index in [9.17, 15) is 9.18 Å². The highest BCUT2D eigenvalue weighted by atomic mass is 19.1. The lowest BCUT2D eigenvalue weighted by molar-refractivity contribution is 0.0169. The molecule has 1 aliphatic rings. The van der Waals surface area contributed by atoms with Crippen LogP contribution in [0.2, 0.25) is 0 Å². The molecule has 0 aliphatic carbocycles. The van der Waals surface area contributed by atoms with Gasteiger partial charge < -0.3 is 10.1 Å². The summed E-state index contributed by atoms with van der Waals surface area (Å²) in [6.07, 6.45) is 3.36. The molecule has 1 aromatic rings.